The number of nitrogens with one attached hydrogen (secondary N) is 1. The zero-order valence-corrected chi connectivity index (χ0v) is 11.4. The zero-order valence-electron chi connectivity index (χ0n) is 11.4. The number of hydrogen-bond acceptors (Lipinski definition) is 4. The van der Waals surface area contributed by atoms with Gasteiger partial charge in [-0.3, -0.25) is 4.79 Å². The third-order valence-corrected chi connectivity index (χ3v) is 3.13. The largest absolute Gasteiger partial charge is 0.349 e. The lowest BCUT2D eigenvalue weighted by molar-refractivity contribution is 0.474. The summed E-state index contributed by atoms with van der Waals surface area (Å²) in [4.78, 5) is 18.7. The summed E-state index contributed by atoms with van der Waals surface area (Å²) in [5.74, 6) is 1.05. The Kier molecular flexibility index (Phi) is 4.01. The van der Waals surface area contributed by atoms with E-state index in [1.165, 1.54) is 0 Å². The molecule has 5 nitrogen and oxygen atoms in total. The normalized spacial score (nSPS) is 20.4. The van der Waals surface area contributed by atoms with E-state index in [2.05, 4.69) is 36.0 Å². The quantitative estimate of drug-likeness (QED) is 0.858. The van der Waals surface area contributed by atoms with Crippen LogP contribution in [-0.4, -0.2) is 35.2 Å². The van der Waals surface area contributed by atoms with Crippen LogP contribution in [0.5, 0.6) is 0 Å². The van der Waals surface area contributed by atoms with Gasteiger partial charge in [0.15, 0.2) is 5.82 Å². The van der Waals surface area contributed by atoms with Crippen LogP contribution in [0, 0.1) is 5.92 Å². The van der Waals surface area contributed by atoms with E-state index in [0.717, 1.165) is 26.2 Å². The van der Waals surface area contributed by atoms with E-state index >= 15 is 0 Å². The molecule has 1 aromatic rings. The van der Waals surface area contributed by atoms with Crippen molar-refractivity contribution in [3.05, 3.63) is 22.7 Å². The molecular formula is C13H22N4O. The Labute approximate surface area is 108 Å². The first kappa shape index (κ1) is 13.1. The van der Waals surface area contributed by atoms with Crippen molar-refractivity contribution >= 4 is 5.82 Å². The minimum absolute atomic E-state index is 0.0281. The Hall–Kier alpha value is -1.36. The maximum atomic E-state index is 12.3. The molecule has 0 saturated carbocycles. The molecule has 1 aromatic heterocycles. The molecule has 2 heterocycles. The average molecular weight is 250 g/mol. The van der Waals surface area contributed by atoms with Gasteiger partial charge in [0.05, 0.1) is 0 Å². The molecule has 5 heteroatoms. The molecule has 100 valence electrons. The van der Waals surface area contributed by atoms with Crippen molar-refractivity contribution < 1.29 is 0 Å². The summed E-state index contributed by atoms with van der Waals surface area (Å²) < 4.78 is 1.76. The van der Waals surface area contributed by atoms with Gasteiger partial charge in [0.2, 0.25) is 0 Å². The zero-order chi connectivity index (χ0) is 13.1. The molecule has 0 radical (unpaired) electrons. The van der Waals surface area contributed by atoms with Gasteiger partial charge in [-0.15, -0.1) is 0 Å². The van der Waals surface area contributed by atoms with Crippen LogP contribution >= 0.6 is 0 Å². The molecule has 1 aliphatic rings. The minimum atomic E-state index is 0.0281. The van der Waals surface area contributed by atoms with E-state index in [-0.39, 0.29) is 5.56 Å². The van der Waals surface area contributed by atoms with Gasteiger partial charge in [0.25, 0.3) is 5.56 Å². The smallest absolute Gasteiger partial charge is 0.293 e. The fraction of sp³-hybridized carbons (Fsp3) is 0.692. The Morgan fingerprint density at radius 1 is 1.56 bits per heavy atom. The van der Waals surface area contributed by atoms with Crippen LogP contribution in [0.15, 0.2) is 17.2 Å². The molecule has 1 N–H and O–H groups in total. The van der Waals surface area contributed by atoms with E-state index in [0.29, 0.717) is 17.8 Å². The first-order valence-electron chi connectivity index (χ1n) is 6.61. The summed E-state index contributed by atoms with van der Waals surface area (Å²) in [6.45, 7) is 9.68. The average Bonchev–Trinajstić information content (AvgIpc) is 2.31. The minimum Gasteiger partial charge on any atom is -0.349 e. The van der Waals surface area contributed by atoms with Crippen molar-refractivity contribution in [2.24, 2.45) is 5.92 Å². The Morgan fingerprint density at radius 2 is 2.33 bits per heavy atom. The van der Waals surface area contributed by atoms with Crippen LogP contribution in [-0.2, 0) is 6.54 Å². The predicted molar refractivity (Wildman–Crippen MR) is 73.0 cm³/mol. The summed E-state index contributed by atoms with van der Waals surface area (Å²) in [7, 11) is 0. The first-order chi connectivity index (χ1) is 8.58. The predicted octanol–water partition coefficient (Wildman–Crippen LogP) is 0.697. The fourth-order valence-electron chi connectivity index (χ4n) is 2.31. The summed E-state index contributed by atoms with van der Waals surface area (Å²) in [5, 5.41) is 3.37. The molecule has 0 bridgehead atoms. The number of piperazine rings is 1. The Bertz CT molecular complexity index is 455. The van der Waals surface area contributed by atoms with Crippen molar-refractivity contribution in [1.82, 2.24) is 14.9 Å². The standard InChI is InChI=1S/C13H22N4O/c1-10(2)8-17-7-5-15-12(13(17)18)16-6-4-14-11(3)9-16/h5,7,10-11,14H,4,6,8-9H2,1-3H3. The Balaban J connectivity index is 2.25. The third-order valence-electron chi connectivity index (χ3n) is 3.13. The molecule has 2 rings (SSSR count). The highest BCUT2D eigenvalue weighted by Gasteiger charge is 2.20. The van der Waals surface area contributed by atoms with Gasteiger partial charge < -0.3 is 14.8 Å². The van der Waals surface area contributed by atoms with Crippen molar-refractivity contribution in [3.8, 4) is 0 Å². The Morgan fingerprint density at radius 3 is 3.00 bits per heavy atom. The molecule has 1 atom stereocenters. The van der Waals surface area contributed by atoms with Crippen molar-refractivity contribution in [2.45, 2.75) is 33.4 Å². The number of nitrogens with zero attached hydrogens (tertiary/aromatic N) is 3. The van der Waals surface area contributed by atoms with Crippen molar-refractivity contribution in [3.63, 3.8) is 0 Å². The van der Waals surface area contributed by atoms with Crippen molar-refractivity contribution in [2.75, 3.05) is 24.5 Å². The first-order valence-corrected chi connectivity index (χ1v) is 6.61. The van der Waals surface area contributed by atoms with E-state index in [1.807, 2.05) is 0 Å². The lowest BCUT2D eigenvalue weighted by atomic mass is 10.2. The van der Waals surface area contributed by atoms with Crippen LogP contribution in [0.2, 0.25) is 0 Å². The molecule has 18 heavy (non-hydrogen) atoms. The molecule has 1 unspecified atom stereocenters. The number of rotatable bonds is 3. The van der Waals surface area contributed by atoms with Gasteiger partial charge in [-0.2, -0.15) is 0 Å². The molecule has 0 amide bonds. The second-order valence-corrected chi connectivity index (χ2v) is 5.40. The molecule has 0 aliphatic carbocycles. The van der Waals surface area contributed by atoms with Crippen LogP contribution in [0.4, 0.5) is 5.82 Å². The van der Waals surface area contributed by atoms with E-state index < -0.39 is 0 Å². The van der Waals surface area contributed by atoms with Gasteiger partial charge in [0, 0.05) is 44.6 Å². The summed E-state index contributed by atoms with van der Waals surface area (Å²) in [6, 6.07) is 0.402. The molecular weight excluding hydrogens is 228 g/mol. The summed E-state index contributed by atoms with van der Waals surface area (Å²) >= 11 is 0. The second-order valence-electron chi connectivity index (χ2n) is 5.40. The number of aromatic nitrogens is 2. The highest BCUT2D eigenvalue weighted by Crippen LogP contribution is 2.08. The fourth-order valence-corrected chi connectivity index (χ4v) is 2.31. The molecule has 1 aliphatic heterocycles. The second kappa shape index (κ2) is 5.52. The van der Waals surface area contributed by atoms with Gasteiger partial charge in [-0.1, -0.05) is 13.8 Å². The van der Waals surface area contributed by atoms with Gasteiger partial charge in [-0.05, 0) is 12.8 Å². The number of anilines is 1. The highest BCUT2D eigenvalue weighted by atomic mass is 16.1. The monoisotopic (exact) mass is 250 g/mol. The van der Waals surface area contributed by atoms with Crippen LogP contribution in [0.3, 0.4) is 0 Å². The van der Waals surface area contributed by atoms with Gasteiger partial charge in [-0.25, -0.2) is 4.98 Å². The third kappa shape index (κ3) is 2.90. The van der Waals surface area contributed by atoms with E-state index in [9.17, 15) is 4.79 Å². The molecule has 1 fully saturated rings. The highest BCUT2D eigenvalue weighted by molar-refractivity contribution is 5.36. The van der Waals surface area contributed by atoms with Crippen molar-refractivity contribution in [1.29, 1.82) is 0 Å². The van der Waals surface area contributed by atoms with Crippen LogP contribution < -0.4 is 15.8 Å². The number of hydrogen-bond donors (Lipinski definition) is 1. The topological polar surface area (TPSA) is 50.2 Å². The van der Waals surface area contributed by atoms with E-state index in [1.54, 1.807) is 17.0 Å². The lowest BCUT2D eigenvalue weighted by Crippen LogP contribution is -2.51. The maximum absolute atomic E-state index is 12.3. The summed E-state index contributed by atoms with van der Waals surface area (Å²) in [6.07, 6.45) is 3.50. The van der Waals surface area contributed by atoms with Crippen LogP contribution in [0.25, 0.3) is 0 Å². The molecule has 0 spiro atoms. The maximum Gasteiger partial charge on any atom is 0.293 e. The van der Waals surface area contributed by atoms with Gasteiger partial charge in [0.1, 0.15) is 0 Å². The summed E-state index contributed by atoms with van der Waals surface area (Å²) in [5.41, 5.74) is 0.0281. The molecule has 0 aromatic carbocycles. The van der Waals surface area contributed by atoms with Gasteiger partial charge >= 0.3 is 0 Å². The lowest BCUT2D eigenvalue weighted by Gasteiger charge is -2.32. The van der Waals surface area contributed by atoms with Crippen LogP contribution in [0.1, 0.15) is 20.8 Å². The SMILES string of the molecule is CC(C)Cn1ccnc(N2CCNC(C)C2)c1=O. The van der Waals surface area contributed by atoms with E-state index in [4.69, 9.17) is 0 Å². The molecule has 1 saturated heterocycles.